The topological polar surface area (TPSA) is 76.0 Å². The zero-order chi connectivity index (χ0) is 16.5. The molecule has 0 aliphatic heterocycles. The van der Waals surface area contributed by atoms with E-state index in [4.69, 9.17) is 11.6 Å². The van der Waals surface area contributed by atoms with Gasteiger partial charge >= 0.3 is 0 Å². The van der Waals surface area contributed by atoms with Crippen LogP contribution in [0.3, 0.4) is 0 Å². The number of carbonyl (C=O) groups is 2. The number of unbranched alkanes of at least 4 members (excludes halogenated alkanes) is 1. The minimum atomic E-state index is -0.234. The second-order valence-corrected chi connectivity index (χ2v) is 5.33. The van der Waals surface area contributed by atoms with Crippen LogP contribution >= 0.6 is 11.6 Å². The van der Waals surface area contributed by atoms with E-state index < -0.39 is 0 Å². The van der Waals surface area contributed by atoms with Crippen LogP contribution in [0.25, 0.3) is 6.08 Å². The molecule has 122 valence electrons. The molecular formula is C15H23ClN4O2. The van der Waals surface area contributed by atoms with Crippen molar-refractivity contribution in [2.45, 2.75) is 40.2 Å². The Balaban J connectivity index is 2.56. The van der Waals surface area contributed by atoms with Crippen molar-refractivity contribution in [2.24, 2.45) is 0 Å². The lowest BCUT2D eigenvalue weighted by molar-refractivity contribution is -0.119. The second-order valence-electron chi connectivity index (χ2n) is 4.97. The Bertz CT molecular complexity index is 552. The number of hydrogen-bond donors (Lipinski definition) is 2. The fourth-order valence-electron chi connectivity index (χ4n) is 1.85. The summed E-state index contributed by atoms with van der Waals surface area (Å²) < 4.78 is 1.76. The summed E-state index contributed by atoms with van der Waals surface area (Å²) in [5, 5.41) is 10.2. The summed E-state index contributed by atoms with van der Waals surface area (Å²) in [6, 6.07) is 0. The highest BCUT2D eigenvalue weighted by atomic mass is 35.5. The molecule has 0 aliphatic rings. The predicted molar refractivity (Wildman–Crippen MR) is 87.6 cm³/mol. The number of nitrogens with one attached hydrogen (secondary N) is 2. The lowest BCUT2D eigenvalue weighted by Crippen LogP contribution is -2.32. The van der Waals surface area contributed by atoms with Crippen LogP contribution in [0.5, 0.6) is 0 Å². The molecule has 0 saturated heterocycles. The Morgan fingerprint density at radius 2 is 2.00 bits per heavy atom. The fraction of sp³-hybridized carbons (Fsp3) is 0.533. The smallest absolute Gasteiger partial charge is 0.244 e. The van der Waals surface area contributed by atoms with E-state index in [1.807, 2.05) is 6.92 Å². The Labute approximate surface area is 135 Å². The maximum Gasteiger partial charge on any atom is 0.244 e. The van der Waals surface area contributed by atoms with E-state index in [1.54, 1.807) is 10.8 Å². The van der Waals surface area contributed by atoms with Crippen LogP contribution in [0, 0.1) is 6.92 Å². The Kier molecular flexibility index (Phi) is 7.66. The predicted octanol–water partition coefficient (Wildman–Crippen LogP) is 1.91. The van der Waals surface area contributed by atoms with E-state index in [-0.39, 0.29) is 11.8 Å². The van der Waals surface area contributed by atoms with Crippen molar-refractivity contribution in [3.63, 3.8) is 0 Å². The zero-order valence-corrected chi connectivity index (χ0v) is 14.0. The fourth-order valence-corrected chi connectivity index (χ4v) is 2.18. The van der Waals surface area contributed by atoms with Crippen molar-refractivity contribution < 1.29 is 9.59 Å². The summed E-state index contributed by atoms with van der Waals surface area (Å²) in [7, 11) is 0. The van der Waals surface area contributed by atoms with Crippen molar-refractivity contribution in [3.8, 4) is 0 Å². The van der Waals surface area contributed by atoms with Crippen LogP contribution < -0.4 is 10.6 Å². The van der Waals surface area contributed by atoms with Gasteiger partial charge in [-0.1, -0.05) is 24.9 Å². The van der Waals surface area contributed by atoms with E-state index in [2.05, 4.69) is 22.7 Å². The Morgan fingerprint density at radius 3 is 2.64 bits per heavy atom. The van der Waals surface area contributed by atoms with Crippen LogP contribution in [0.4, 0.5) is 0 Å². The number of rotatable bonds is 8. The summed E-state index contributed by atoms with van der Waals surface area (Å²) in [4.78, 5) is 22.4. The summed E-state index contributed by atoms with van der Waals surface area (Å²) in [5.74, 6) is -0.353. The molecule has 0 aromatic carbocycles. The third-order valence-corrected chi connectivity index (χ3v) is 3.43. The minimum absolute atomic E-state index is 0.119. The highest BCUT2D eigenvalue weighted by molar-refractivity contribution is 6.31. The number of amides is 2. The summed E-state index contributed by atoms with van der Waals surface area (Å²) >= 11 is 6.28. The molecule has 0 spiro atoms. The number of hydrogen-bond acceptors (Lipinski definition) is 3. The minimum Gasteiger partial charge on any atom is -0.355 e. The largest absolute Gasteiger partial charge is 0.355 e. The summed E-state index contributed by atoms with van der Waals surface area (Å²) in [6.07, 6.45) is 5.17. The van der Waals surface area contributed by atoms with Crippen LogP contribution in [0.1, 0.15) is 37.9 Å². The lowest BCUT2D eigenvalue weighted by atomic mass is 10.2. The van der Waals surface area contributed by atoms with E-state index in [1.165, 1.54) is 13.0 Å². The third-order valence-electron chi connectivity index (χ3n) is 3.03. The Hall–Kier alpha value is -1.82. The van der Waals surface area contributed by atoms with Crippen molar-refractivity contribution in [1.29, 1.82) is 0 Å². The van der Waals surface area contributed by atoms with Crippen LogP contribution in [-0.2, 0) is 16.1 Å². The van der Waals surface area contributed by atoms with Crippen LogP contribution in [-0.4, -0.2) is 34.7 Å². The number of aromatic nitrogens is 2. The van der Waals surface area contributed by atoms with Gasteiger partial charge in [-0.05, 0) is 19.4 Å². The van der Waals surface area contributed by atoms with E-state index in [0.29, 0.717) is 18.2 Å². The molecule has 2 N–H and O–H groups in total. The molecular weight excluding hydrogens is 304 g/mol. The van der Waals surface area contributed by atoms with Gasteiger partial charge in [-0.2, -0.15) is 5.10 Å². The maximum absolute atomic E-state index is 11.7. The van der Waals surface area contributed by atoms with Crippen LogP contribution in [0.15, 0.2) is 6.08 Å². The molecule has 0 atom stereocenters. The molecule has 1 aromatic rings. The molecule has 6 nitrogen and oxygen atoms in total. The van der Waals surface area contributed by atoms with Gasteiger partial charge in [-0.3, -0.25) is 14.3 Å². The molecule has 0 saturated carbocycles. The first-order valence-electron chi connectivity index (χ1n) is 7.39. The molecule has 0 bridgehead atoms. The maximum atomic E-state index is 11.7. The SMILES string of the molecule is CCCCn1nc(C)c(C=CC(=O)NCCNC(C)=O)c1Cl. The average Bonchev–Trinajstić information content (AvgIpc) is 2.73. The standard InChI is InChI=1S/C15H23ClN4O2/c1-4-5-10-20-15(16)13(11(2)19-20)6-7-14(22)18-9-8-17-12(3)21/h6-7H,4-5,8-10H2,1-3H3,(H,17,21)(H,18,22). The molecule has 0 unspecified atom stereocenters. The Morgan fingerprint density at radius 1 is 1.32 bits per heavy atom. The first-order chi connectivity index (χ1) is 10.5. The first kappa shape index (κ1) is 18.2. The molecule has 2 amide bonds. The second kappa shape index (κ2) is 9.25. The van der Waals surface area contributed by atoms with Gasteiger partial charge in [0.2, 0.25) is 11.8 Å². The van der Waals surface area contributed by atoms with Crippen LogP contribution in [0.2, 0.25) is 5.15 Å². The first-order valence-corrected chi connectivity index (χ1v) is 7.76. The molecule has 0 aliphatic carbocycles. The van der Waals surface area contributed by atoms with Gasteiger partial charge in [-0.25, -0.2) is 0 Å². The van der Waals surface area contributed by atoms with Crippen molar-refractivity contribution in [1.82, 2.24) is 20.4 Å². The molecule has 7 heteroatoms. The van der Waals surface area contributed by atoms with Gasteiger partial charge in [0.15, 0.2) is 0 Å². The van der Waals surface area contributed by atoms with Crippen molar-refractivity contribution in [2.75, 3.05) is 13.1 Å². The number of nitrogens with zero attached hydrogens (tertiary/aromatic N) is 2. The van der Waals surface area contributed by atoms with E-state index >= 15 is 0 Å². The molecule has 0 radical (unpaired) electrons. The van der Waals surface area contributed by atoms with Gasteiger partial charge in [0, 0.05) is 38.2 Å². The monoisotopic (exact) mass is 326 g/mol. The van der Waals surface area contributed by atoms with Crippen molar-refractivity contribution in [3.05, 3.63) is 22.5 Å². The average molecular weight is 327 g/mol. The van der Waals surface area contributed by atoms with Gasteiger partial charge in [0.1, 0.15) is 5.15 Å². The quantitative estimate of drug-likeness (QED) is 0.566. The number of halogens is 1. The molecule has 1 heterocycles. The lowest BCUT2D eigenvalue weighted by Gasteiger charge is -2.02. The molecule has 1 rings (SSSR count). The molecule has 1 aromatic heterocycles. The number of carbonyl (C=O) groups excluding carboxylic acids is 2. The molecule has 0 fully saturated rings. The zero-order valence-electron chi connectivity index (χ0n) is 13.3. The highest BCUT2D eigenvalue weighted by Gasteiger charge is 2.10. The van der Waals surface area contributed by atoms with Gasteiger partial charge in [-0.15, -0.1) is 0 Å². The highest BCUT2D eigenvalue weighted by Crippen LogP contribution is 2.21. The van der Waals surface area contributed by atoms with E-state index in [9.17, 15) is 9.59 Å². The van der Waals surface area contributed by atoms with E-state index in [0.717, 1.165) is 30.6 Å². The summed E-state index contributed by atoms with van der Waals surface area (Å²) in [6.45, 7) is 6.96. The third kappa shape index (κ3) is 5.89. The van der Waals surface area contributed by atoms with Gasteiger partial charge in [0.05, 0.1) is 5.69 Å². The van der Waals surface area contributed by atoms with Gasteiger partial charge in [0.25, 0.3) is 0 Å². The number of aryl methyl sites for hydroxylation is 2. The normalized spacial score (nSPS) is 10.9. The summed E-state index contributed by atoms with van der Waals surface area (Å²) in [5.41, 5.74) is 1.55. The van der Waals surface area contributed by atoms with Gasteiger partial charge < -0.3 is 10.6 Å². The molecule has 22 heavy (non-hydrogen) atoms. The van der Waals surface area contributed by atoms with Crippen molar-refractivity contribution >= 4 is 29.5 Å².